The second-order valence-corrected chi connectivity index (χ2v) is 3.53. The summed E-state index contributed by atoms with van der Waals surface area (Å²) < 4.78 is 1.52. The van der Waals surface area contributed by atoms with Crippen LogP contribution in [0.1, 0.15) is 11.1 Å². The van der Waals surface area contributed by atoms with Crippen LogP contribution in [0, 0.1) is 6.92 Å². The average Bonchev–Trinajstić information content (AvgIpc) is 2.33. The summed E-state index contributed by atoms with van der Waals surface area (Å²) in [6.45, 7) is 1.99. The van der Waals surface area contributed by atoms with Crippen LogP contribution in [0.15, 0.2) is 60.0 Å². The number of benzene rings is 1. The van der Waals surface area contributed by atoms with Gasteiger partial charge in [-0.2, -0.15) is 0 Å². The first-order valence-electron chi connectivity index (χ1n) is 5.05. The number of aryl methyl sites for hydroxylation is 1. The minimum Gasteiger partial charge on any atom is -0.854 e. The fraction of sp³-hybridized carbons (Fsp3) is 0.0769. The molecule has 2 rings (SSSR count). The molecular weight excluding hydrogens is 200 g/mol. The van der Waals surface area contributed by atoms with E-state index in [-0.39, 0.29) is 5.90 Å². The van der Waals surface area contributed by atoms with E-state index in [9.17, 15) is 5.11 Å². The fourth-order valence-corrected chi connectivity index (χ4v) is 1.30. The SMILES string of the molecule is Cc1cc[n+](/N=C(\[O-])c2ccccc2)cc1. The molecule has 0 fully saturated rings. The van der Waals surface area contributed by atoms with Gasteiger partial charge in [0.05, 0.1) is 5.90 Å². The predicted molar refractivity (Wildman–Crippen MR) is 59.8 cm³/mol. The van der Waals surface area contributed by atoms with Crippen molar-refractivity contribution in [2.45, 2.75) is 6.92 Å². The summed E-state index contributed by atoms with van der Waals surface area (Å²) in [7, 11) is 0. The van der Waals surface area contributed by atoms with E-state index in [2.05, 4.69) is 5.10 Å². The van der Waals surface area contributed by atoms with Crippen LogP contribution in [0.3, 0.4) is 0 Å². The molecule has 3 nitrogen and oxygen atoms in total. The van der Waals surface area contributed by atoms with Crippen LogP contribution in [0.25, 0.3) is 0 Å². The van der Waals surface area contributed by atoms with Gasteiger partial charge in [0, 0.05) is 12.1 Å². The molecule has 0 aliphatic rings. The summed E-state index contributed by atoms with van der Waals surface area (Å²) in [6.07, 6.45) is 3.52. The third-order valence-electron chi connectivity index (χ3n) is 2.21. The third kappa shape index (κ3) is 2.45. The highest BCUT2D eigenvalue weighted by atomic mass is 16.3. The molecule has 0 spiro atoms. The molecule has 2 aromatic rings. The molecule has 0 bridgehead atoms. The second kappa shape index (κ2) is 4.57. The van der Waals surface area contributed by atoms with Crippen molar-refractivity contribution in [3.8, 4) is 0 Å². The van der Waals surface area contributed by atoms with Crippen molar-refractivity contribution in [3.63, 3.8) is 0 Å². The highest BCUT2D eigenvalue weighted by Gasteiger charge is 1.97. The lowest BCUT2D eigenvalue weighted by atomic mass is 10.2. The Morgan fingerprint density at radius 1 is 1.06 bits per heavy atom. The number of rotatable bonds is 2. The minimum absolute atomic E-state index is 0.241. The molecule has 1 aromatic carbocycles. The van der Waals surface area contributed by atoms with Crippen molar-refractivity contribution in [3.05, 3.63) is 66.0 Å². The standard InChI is InChI=1S/C13H12N2O/c1-11-7-9-15(10-8-11)14-13(16)12-5-3-2-4-6-12/h2-10H,1H3. The zero-order chi connectivity index (χ0) is 11.4. The number of hydrogen-bond donors (Lipinski definition) is 0. The van der Waals surface area contributed by atoms with Crippen LogP contribution in [0.2, 0.25) is 0 Å². The van der Waals surface area contributed by atoms with Crippen molar-refractivity contribution in [1.82, 2.24) is 0 Å². The van der Waals surface area contributed by atoms with Crippen molar-refractivity contribution in [1.29, 1.82) is 0 Å². The lowest BCUT2D eigenvalue weighted by Gasteiger charge is -2.05. The maximum Gasteiger partial charge on any atom is 0.202 e. The molecule has 0 amide bonds. The summed E-state index contributed by atoms with van der Waals surface area (Å²) in [4.78, 5) is 0. The summed E-state index contributed by atoms with van der Waals surface area (Å²) >= 11 is 0. The van der Waals surface area contributed by atoms with Gasteiger partial charge in [0.15, 0.2) is 0 Å². The van der Waals surface area contributed by atoms with Crippen LogP contribution in [-0.4, -0.2) is 5.90 Å². The van der Waals surface area contributed by atoms with Crippen LogP contribution < -0.4 is 9.78 Å². The molecular formula is C13H12N2O. The van der Waals surface area contributed by atoms with E-state index in [0.29, 0.717) is 5.56 Å². The van der Waals surface area contributed by atoms with Gasteiger partial charge in [-0.05, 0) is 23.2 Å². The third-order valence-corrected chi connectivity index (χ3v) is 2.21. The summed E-state index contributed by atoms with van der Waals surface area (Å²) in [6, 6.07) is 12.8. The Morgan fingerprint density at radius 3 is 2.31 bits per heavy atom. The molecule has 80 valence electrons. The second-order valence-electron chi connectivity index (χ2n) is 3.53. The Labute approximate surface area is 94.3 Å². The lowest BCUT2D eigenvalue weighted by Crippen LogP contribution is -2.33. The van der Waals surface area contributed by atoms with E-state index in [1.54, 1.807) is 24.5 Å². The van der Waals surface area contributed by atoms with Gasteiger partial charge in [0.1, 0.15) is 0 Å². The highest BCUT2D eigenvalue weighted by Crippen LogP contribution is 1.96. The van der Waals surface area contributed by atoms with Gasteiger partial charge in [0.2, 0.25) is 12.4 Å². The minimum atomic E-state index is -0.241. The molecule has 0 saturated carbocycles. The van der Waals surface area contributed by atoms with Gasteiger partial charge in [-0.25, -0.2) is 0 Å². The molecule has 1 heterocycles. The monoisotopic (exact) mass is 212 g/mol. The lowest BCUT2D eigenvalue weighted by molar-refractivity contribution is -0.681. The Balaban J connectivity index is 2.28. The van der Waals surface area contributed by atoms with E-state index in [1.807, 2.05) is 37.3 Å². The van der Waals surface area contributed by atoms with E-state index in [1.165, 1.54) is 4.68 Å². The smallest absolute Gasteiger partial charge is 0.202 e. The molecule has 16 heavy (non-hydrogen) atoms. The first-order chi connectivity index (χ1) is 7.75. The van der Waals surface area contributed by atoms with Crippen molar-refractivity contribution >= 4 is 5.90 Å². The van der Waals surface area contributed by atoms with Crippen molar-refractivity contribution in [2.75, 3.05) is 0 Å². The maximum absolute atomic E-state index is 11.7. The summed E-state index contributed by atoms with van der Waals surface area (Å²) in [5.74, 6) is -0.241. The van der Waals surface area contributed by atoms with Gasteiger partial charge < -0.3 is 5.11 Å². The zero-order valence-corrected chi connectivity index (χ0v) is 9.00. The highest BCUT2D eigenvalue weighted by molar-refractivity contribution is 5.89. The Morgan fingerprint density at radius 2 is 1.69 bits per heavy atom. The molecule has 0 N–H and O–H groups in total. The Kier molecular flexibility index (Phi) is 2.96. The fourth-order valence-electron chi connectivity index (χ4n) is 1.30. The zero-order valence-electron chi connectivity index (χ0n) is 9.00. The Bertz CT molecular complexity index is 489. The van der Waals surface area contributed by atoms with Crippen LogP contribution in [-0.2, 0) is 0 Å². The van der Waals surface area contributed by atoms with Crippen molar-refractivity contribution < 1.29 is 9.78 Å². The first-order valence-corrected chi connectivity index (χ1v) is 5.05. The van der Waals surface area contributed by atoms with Crippen LogP contribution in [0.4, 0.5) is 0 Å². The predicted octanol–water partition coefficient (Wildman–Crippen LogP) is 0.853. The topological polar surface area (TPSA) is 39.3 Å². The average molecular weight is 212 g/mol. The molecule has 0 aliphatic heterocycles. The molecule has 3 heteroatoms. The molecule has 0 atom stereocenters. The largest absolute Gasteiger partial charge is 0.854 e. The molecule has 0 unspecified atom stereocenters. The number of aromatic nitrogens is 1. The molecule has 0 saturated heterocycles. The maximum atomic E-state index is 11.7. The van der Waals surface area contributed by atoms with E-state index < -0.39 is 0 Å². The number of hydrogen-bond acceptors (Lipinski definition) is 2. The Hall–Kier alpha value is -2.16. The van der Waals surface area contributed by atoms with E-state index >= 15 is 0 Å². The van der Waals surface area contributed by atoms with Gasteiger partial charge in [0.25, 0.3) is 0 Å². The molecule has 0 aliphatic carbocycles. The van der Waals surface area contributed by atoms with Gasteiger partial charge in [-0.3, -0.25) is 0 Å². The van der Waals surface area contributed by atoms with Crippen molar-refractivity contribution in [2.24, 2.45) is 5.10 Å². The quantitative estimate of drug-likeness (QED) is 0.413. The normalized spacial score (nSPS) is 11.4. The first kappa shape index (κ1) is 10.4. The molecule has 0 radical (unpaired) electrons. The van der Waals surface area contributed by atoms with E-state index in [4.69, 9.17) is 0 Å². The number of pyridine rings is 1. The number of nitrogens with zero attached hydrogens (tertiary/aromatic N) is 2. The van der Waals surface area contributed by atoms with E-state index in [0.717, 1.165) is 5.56 Å². The van der Waals surface area contributed by atoms with Crippen LogP contribution in [0.5, 0.6) is 0 Å². The van der Waals surface area contributed by atoms with Gasteiger partial charge in [-0.1, -0.05) is 35.0 Å². The van der Waals surface area contributed by atoms with Gasteiger partial charge >= 0.3 is 0 Å². The summed E-state index contributed by atoms with van der Waals surface area (Å²) in [5, 5.41) is 15.7. The molecule has 1 aromatic heterocycles. The van der Waals surface area contributed by atoms with Gasteiger partial charge in [-0.15, -0.1) is 0 Å². The van der Waals surface area contributed by atoms with Crippen LogP contribution >= 0.6 is 0 Å². The summed E-state index contributed by atoms with van der Waals surface area (Å²) in [5.41, 5.74) is 1.73.